The van der Waals surface area contributed by atoms with Crippen molar-refractivity contribution in [2.45, 2.75) is 12.5 Å². The summed E-state index contributed by atoms with van der Waals surface area (Å²) in [5, 5.41) is 12.7. The highest BCUT2D eigenvalue weighted by Crippen LogP contribution is 2.23. The molecule has 0 saturated heterocycles. The Morgan fingerprint density at radius 2 is 2.19 bits per heavy atom. The molecule has 1 amide bonds. The van der Waals surface area contributed by atoms with Crippen molar-refractivity contribution >= 4 is 34.4 Å². The number of halogens is 1. The molecule has 0 aliphatic rings. The van der Waals surface area contributed by atoms with Crippen LogP contribution in [0, 0.1) is 0 Å². The number of aliphatic carboxylic acids is 1. The highest BCUT2D eigenvalue weighted by atomic mass is 35.5. The number of hydrogen-bond donors (Lipinski definition) is 2. The van der Waals surface area contributed by atoms with Crippen molar-refractivity contribution < 1.29 is 23.8 Å². The van der Waals surface area contributed by atoms with E-state index in [1.807, 2.05) is 0 Å². The monoisotopic (exact) mass is 311 g/mol. The Kier molecular flexibility index (Phi) is 4.82. The van der Waals surface area contributed by atoms with Crippen LogP contribution in [-0.4, -0.2) is 36.7 Å². The number of methoxy groups -OCH3 is 1. The second kappa shape index (κ2) is 6.60. The first-order valence-electron chi connectivity index (χ1n) is 6.23. The lowest BCUT2D eigenvalue weighted by Gasteiger charge is -2.12. The molecule has 0 aliphatic heterocycles. The second-order valence-corrected chi connectivity index (χ2v) is 4.87. The van der Waals surface area contributed by atoms with Gasteiger partial charge >= 0.3 is 5.97 Å². The van der Waals surface area contributed by atoms with E-state index in [1.54, 1.807) is 18.2 Å². The molecule has 0 bridgehead atoms. The molecule has 0 spiro atoms. The van der Waals surface area contributed by atoms with Crippen molar-refractivity contribution in [3.63, 3.8) is 0 Å². The number of fused-ring (bicyclic) bond motifs is 1. The van der Waals surface area contributed by atoms with Crippen LogP contribution in [0.1, 0.15) is 17.0 Å². The molecule has 0 saturated carbocycles. The van der Waals surface area contributed by atoms with E-state index in [1.165, 1.54) is 13.2 Å². The maximum Gasteiger partial charge on any atom is 0.326 e. The van der Waals surface area contributed by atoms with Crippen LogP contribution in [0.25, 0.3) is 11.0 Å². The van der Waals surface area contributed by atoms with E-state index in [9.17, 15) is 9.59 Å². The van der Waals surface area contributed by atoms with Gasteiger partial charge in [-0.3, -0.25) is 4.79 Å². The fourth-order valence-electron chi connectivity index (χ4n) is 1.85. The number of furan rings is 1. The summed E-state index contributed by atoms with van der Waals surface area (Å²) in [6.07, 6.45) is 0.170. The van der Waals surface area contributed by atoms with Crippen LogP contribution in [0.5, 0.6) is 0 Å². The lowest BCUT2D eigenvalue weighted by molar-refractivity contribution is -0.139. The third kappa shape index (κ3) is 3.74. The minimum atomic E-state index is -1.13. The number of carboxylic acid groups (broad SMARTS) is 1. The molecule has 21 heavy (non-hydrogen) atoms. The largest absolute Gasteiger partial charge is 0.480 e. The molecular formula is C14H14ClNO5. The van der Waals surface area contributed by atoms with E-state index >= 15 is 0 Å². The average molecular weight is 312 g/mol. The molecule has 1 aromatic heterocycles. The smallest absolute Gasteiger partial charge is 0.326 e. The van der Waals surface area contributed by atoms with Gasteiger partial charge in [0.25, 0.3) is 5.91 Å². The molecule has 0 fully saturated rings. The predicted octanol–water partition coefficient (Wildman–Crippen LogP) is 2.31. The average Bonchev–Trinajstić information content (AvgIpc) is 2.85. The molecule has 1 heterocycles. The number of amides is 1. The van der Waals surface area contributed by atoms with E-state index in [2.05, 4.69) is 5.32 Å². The second-order valence-electron chi connectivity index (χ2n) is 4.44. The Labute approximate surface area is 125 Å². The first-order valence-corrected chi connectivity index (χ1v) is 6.60. The van der Waals surface area contributed by atoms with Crippen LogP contribution in [0.15, 0.2) is 28.7 Å². The summed E-state index contributed by atoms with van der Waals surface area (Å²) in [5.41, 5.74) is 0.508. The zero-order valence-corrected chi connectivity index (χ0v) is 12.0. The highest BCUT2D eigenvalue weighted by Gasteiger charge is 2.22. The van der Waals surface area contributed by atoms with Gasteiger partial charge in [-0.2, -0.15) is 0 Å². The SMILES string of the molecule is COCCC(NC(=O)c1cc2cc(Cl)ccc2o1)C(=O)O. The number of ether oxygens (including phenoxy) is 1. The third-order valence-corrected chi connectivity index (χ3v) is 3.15. The number of carboxylic acids is 1. The molecule has 112 valence electrons. The third-order valence-electron chi connectivity index (χ3n) is 2.92. The van der Waals surface area contributed by atoms with Crippen molar-refractivity contribution in [3.8, 4) is 0 Å². The molecular weight excluding hydrogens is 298 g/mol. The quantitative estimate of drug-likeness (QED) is 0.854. The Morgan fingerprint density at radius 1 is 1.43 bits per heavy atom. The molecule has 0 aliphatic carbocycles. The van der Waals surface area contributed by atoms with Gasteiger partial charge in [0.1, 0.15) is 11.6 Å². The van der Waals surface area contributed by atoms with Crippen LogP contribution in [-0.2, 0) is 9.53 Å². The minimum absolute atomic E-state index is 0.0379. The lowest BCUT2D eigenvalue weighted by atomic mass is 10.2. The van der Waals surface area contributed by atoms with Gasteiger partial charge in [-0.1, -0.05) is 11.6 Å². The fourth-order valence-corrected chi connectivity index (χ4v) is 2.03. The topological polar surface area (TPSA) is 88.8 Å². The van der Waals surface area contributed by atoms with Crippen molar-refractivity contribution in [2.75, 3.05) is 13.7 Å². The first-order chi connectivity index (χ1) is 10.0. The van der Waals surface area contributed by atoms with Gasteiger partial charge < -0.3 is 19.6 Å². The van der Waals surface area contributed by atoms with Crippen LogP contribution < -0.4 is 5.32 Å². The molecule has 1 aromatic carbocycles. The van der Waals surface area contributed by atoms with Gasteiger partial charge in [-0.15, -0.1) is 0 Å². The summed E-state index contributed by atoms with van der Waals surface area (Å²) in [7, 11) is 1.46. The number of nitrogens with one attached hydrogen (secondary N) is 1. The van der Waals surface area contributed by atoms with Crippen LogP contribution >= 0.6 is 11.6 Å². The molecule has 2 N–H and O–H groups in total. The van der Waals surface area contributed by atoms with E-state index < -0.39 is 17.9 Å². The summed E-state index contributed by atoms with van der Waals surface area (Å²) in [4.78, 5) is 23.1. The molecule has 1 atom stereocenters. The molecule has 0 radical (unpaired) electrons. The summed E-state index contributed by atoms with van der Waals surface area (Å²) < 4.78 is 10.2. The van der Waals surface area contributed by atoms with E-state index in [0.717, 1.165) is 0 Å². The molecule has 2 aromatic rings. The number of hydrogen-bond acceptors (Lipinski definition) is 4. The highest BCUT2D eigenvalue weighted by molar-refractivity contribution is 6.31. The van der Waals surface area contributed by atoms with E-state index in [0.29, 0.717) is 16.0 Å². The minimum Gasteiger partial charge on any atom is -0.480 e. The molecule has 7 heteroatoms. The normalized spacial score (nSPS) is 12.3. The summed E-state index contributed by atoms with van der Waals surface area (Å²) >= 11 is 5.86. The van der Waals surface area contributed by atoms with E-state index in [-0.39, 0.29) is 18.8 Å². The van der Waals surface area contributed by atoms with Gasteiger partial charge in [0.2, 0.25) is 0 Å². The van der Waals surface area contributed by atoms with Crippen LogP contribution in [0.4, 0.5) is 0 Å². The van der Waals surface area contributed by atoms with Crippen molar-refractivity contribution in [2.24, 2.45) is 0 Å². The number of benzene rings is 1. The van der Waals surface area contributed by atoms with Gasteiger partial charge in [0.15, 0.2) is 5.76 Å². The Balaban J connectivity index is 2.15. The van der Waals surface area contributed by atoms with Crippen LogP contribution in [0.3, 0.4) is 0 Å². The Bertz CT molecular complexity index is 666. The predicted molar refractivity (Wildman–Crippen MR) is 76.6 cm³/mol. The van der Waals surface area contributed by atoms with E-state index in [4.69, 9.17) is 25.9 Å². The van der Waals surface area contributed by atoms with Crippen molar-refractivity contribution in [1.29, 1.82) is 0 Å². The summed E-state index contributed by atoms with van der Waals surface area (Å²) in [5.74, 6) is -1.68. The maximum atomic E-state index is 12.0. The van der Waals surface area contributed by atoms with Gasteiger partial charge in [0, 0.05) is 30.5 Å². The van der Waals surface area contributed by atoms with Crippen molar-refractivity contribution in [3.05, 3.63) is 35.0 Å². The Hall–Kier alpha value is -2.05. The lowest BCUT2D eigenvalue weighted by Crippen LogP contribution is -2.41. The van der Waals surface area contributed by atoms with Gasteiger partial charge in [0.05, 0.1) is 0 Å². The number of carbonyl (C=O) groups excluding carboxylic acids is 1. The van der Waals surface area contributed by atoms with Crippen molar-refractivity contribution in [1.82, 2.24) is 5.32 Å². The first kappa shape index (κ1) is 15.3. The molecule has 1 unspecified atom stereocenters. The number of rotatable bonds is 6. The van der Waals surface area contributed by atoms with Crippen LogP contribution in [0.2, 0.25) is 5.02 Å². The summed E-state index contributed by atoms with van der Waals surface area (Å²) in [6.45, 7) is 0.229. The maximum absolute atomic E-state index is 12.0. The number of carbonyl (C=O) groups is 2. The summed E-state index contributed by atoms with van der Waals surface area (Å²) in [6, 6.07) is 5.44. The van der Waals surface area contributed by atoms with Gasteiger partial charge in [-0.25, -0.2) is 4.79 Å². The standard InChI is InChI=1S/C14H14ClNO5/c1-20-5-4-10(14(18)19)16-13(17)12-7-8-6-9(15)2-3-11(8)21-12/h2-3,6-7,10H,4-5H2,1H3,(H,16,17)(H,18,19). The molecule has 6 nitrogen and oxygen atoms in total. The zero-order valence-electron chi connectivity index (χ0n) is 11.3. The zero-order chi connectivity index (χ0) is 15.4. The van der Waals surface area contributed by atoms with Gasteiger partial charge in [-0.05, 0) is 24.3 Å². The fraction of sp³-hybridized carbons (Fsp3) is 0.286. The molecule has 2 rings (SSSR count). The Morgan fingerprint density at radius 3 is 2.86 bits per heavy atom.